The minimum Gasteiger partial charge on any atom is -0.388 e. The van der Waals surface area contributed by atoms with E-state index in [0.717, 1.165) is 6.04 Å². The van der Waals surface area contributed by atoms with Crippen LogP contribution in [0.1, 0.15) is 52.4 Å². The van der Waals surface area contributed by atoms with Gasteiger partial charge >= 0.3 is 0 Å². The molecule has 0 aliphatic heterocycles. The first-order valence-electron chi connectivity index (χ1n) is 7.82. The van der Waals surface area contributed by atoms with Crippen molar-refractivity contribution in [1.29, 1.82) is 0 Å². The highest BCUT2D eigenvalue weighted by Gasteiger charge is 2.24. The predicted molar refractivity (Wildman–Crippen MR) is 85.1 cm³/mol. The molecule has 2 heteroatoms. The molecule has 1 atom stereocenters. The molecule has 0 aromatic heterocycles. The zero-order valence-corrected chi connectivity index (χ0v) is 12.7. The van der Waals surface area contributed by atoms with Crippen LogP contribution in [0, 0.1) is 0 Å². The molecule has 1 saturated carbocycles. The molecule has 2 nitrogen and oxygen atoms in total. The van der Waals surface area contributed by atoms with Crippen LogP contribution in [-0.4, -0.2) is 19.1 Å². The molecule has 1 N–H and O–H groups in total. The van der Waals surface area contributed by atoms with E-state index in [1.807, 2.05) is 7.05 Å². The smallest absolute Gasteiger partial charge is 0.0372 e. The van der Waals surface area contributed by atoms with Gasteiger partial charge in [0.2, 0.25) is 0 Å². The number of anilines is 2. The van der Waals surface area contributed by atoms with Crippen LogP contribution in [0.4, 0.5) is 11.4 Å². The van der Waals surface area contributed by atoms with Crippen molar-refractivity contribution in [3.63, 3.8) is 0 Å². The molecule has 0 spiro atoms. The summed E-state index contributed by atoms with van der Waals surface area (Å²) < 4.78 is 0. The monoisotopic (exact) mass is 260 g/mol. The molecule has 1 aliphatic rings. The van der Waals surface area contributed by atoms with Gasteiger partial charge in [-0.1, -0.05) is 26.2 Å². The second kappa shape index (κ2) is 6.83. The van der Waals surface area contributed by atoms with Crippen molar-refractivity contribution >= 4 is 11.4 Å². The quantitative estimate of drug-likeness (QED) is 0.828. The molecule has 1 aromatic rings. The average molecular weight is 260 g/mol. The Kier molecular flexibility index (Phi) is 5.12. The second-order valence-corrected chi connectivity index (χ2v) is 5.75. The minimum atomic E-state index is 0.628. The fourth-order valence-corrected chi connectivity index (χ4v) is 3.18. The Hall–Kier alpha value is -1.18. The molecule has 0 saturated heterocycles. The number of hydrogen-bond donors (Lipinski definition) is 1. The Morgan fingerprint density at radius 2 is 1.79 bits per heavy atom. The van der Waals surface area contributed by atoms with Crippen molar-refractivity contribution in [3.8, 4) is 0 Å². The number of hydrogen-bond acceptors (Lipinski definition) is 2. The van der Waals surface area contributed by atoms with E-state index in [0.29, 0.717) is 6.04 Å². The summed E-state index contributed by atoms with van der Waals surface area (Å²) in [5.41, 5.74) is 2.58. The molecule has 0 radical (unpaired) electrons. The van der Waals surface area contributed by atoms with Gasteiger partial charge in [0, 0.05) is 30.5 Å². The van der Waals surface area contributed by atoms with Gasteiger partial charge in [0.25, 0.3) is 0 Å². The van der Waals surface area contributed by atoms with E-state index in [1.54, 1.807) is 0 Å². The maximum Gasteiger partial charge on any atom is 0.0372 e. The van der Waals surface area contributed by atoms with E-state index in [9.17, 15) is 0 Å². The molecule has 0 amide bonds. The third kappa shape index (κ3) is 3.43. The molecule has 0 heterocycles. The van der Waals surface area contributed by atoms with E-state index in [4.69, 9.17) is 0 Å². The topological polar surface area (TPSA) is 15.3 Å². The van der Waals surface area contributed by atoms with E-state index in [1.165, 1.54) is 49.9 Å². The lowest BCUT2D eigenvalue weighted by atomic mass is 9.92. The van der Waals surface area contributed by atoms with Crippen LogP contribution in [0.3, 0.4) is 0 Å². The maximum absolute atomic E-state index is 3.20. The molecule has 0 bridgehead atoms. The molecule has 1 unspecified atom stereocenters. The second-order valence-electron chi connectivity index (χ2n) is 5.75. The normalized spacial score (nSPS) is 18.1. The molecule has 2 rings (SSSR count). The van der Waals surface area contributed by atoms with Gasteiger partial charge in [-0.25, -0.2) is 0 Å². The van der Waals surface area contributed by atoms with Crippen molar-refractivity contribution in [2.75, 3.05) is 17.3 Å². The summed E-state index contributed by atoms with van der Waals surface area (Å²) in [6.45, 7) is 4.66. The van der Waals surface area contributed by atoms with E-state index in [-0.39, 0.29) is 0 Å². The van der Waals surface area contributed by atoms with Crippen LogP contribution in [0.5, 0.6) is 0 Å². The van der Waals surface area contributed by atoms with Crippen LogP contribution >= 0.6 is 0 Å². The number of nitrogens with one attached hydrogen (secondary N) is 1. The van der Waals surface area contributed by atoms with E-state index >= 15 is 0 Å². The molecule has 106 valence electrons. The van der Waals surface area contributed by atoms with Gasteiger partial charge < -0.3 is 10.2 Å². The summed E-state index contributed by atoms with van der Waals surface area (Å²) in [5, 5.41) is 3.20. The molecule has 1 aromatic carbocycles. The van der Waals surface area contributed by atoms with Gasteiger partial charge in [-0.05, 0) is 50.5 Å². The molecule has 1 aliphatic carbocycles. The first kappa shape index (κ1) is 14.2. The lowest BCUT2D eigenvalue weighted by molar-refractivity contribution is 0.389. The first-order valence-corrected chi connectivity index (χ1v) is 7.82. The summed E-state index contributed by atoms with van der Waals surface area (Å²) in [5.74, 6) is 0. The lowest BCUT2D eigenvalue weighted by Crippen LogP contribution is -2.42. The number of nitrogens with zero attached hydrogens (tertiary/aromatic N) is 1. The van der Waals surface area contributed by atoms with Gasteiger partial charge in [-0.15, -0.1) is 0 Å². The Labute approximate surface area is 118 Å². The highest BCUT2D eigenvalue weighted by atomic mass is 15.2. The fourth-order valence-electron chi connectivity index (χ4n) is 3.18. The van der Waals surface area contributed by atoms with Gasteiger partial charge in [0.05, 0.1) is 0 Å². The van der Waals surface area contributed by atoms with Gasteiger partial charge in [0.15, 0.2) is 0 Å². The van der Waals surface area contributed by atoms with E-state index < -0.39 is 0 Å². The largest absolute Gasteiger partial charge is 0.388 e. The zero-order chi connectivity index (χ0) is 13.7. The Morgan fingerprint density at radius 1 is 1.16 bits per heavy atom. The number of benzene rings is 1. The molecular formula is C17H28N2. The average Bonchev–Trinajstić information content (AvgIpc) is 2.49. The standard InChI is InChI=1S/C17H28N2/c1-4-14(2)19(16-8-6-5-7-9-16)17-12-10-15(18-3)11-13-17/h10-14,16,18H,4-9H2,1-3H3. The molecular weight excluding hydrogens is 232 g/mol. The SMILES string of the molecule is CCC(C)N(c1ccc(NC)cc1)C1CCCCC1. The van der Waals surface area contributed by atoms with Crippen LogP contribution in [0.15, 0.2) is 24.3 Å². The maximum atomic E-state index is 3.20. The van der Waals surface area contributed by atoms with E-state index in [2.05, 4.69) is 48.3 Å². The van der Waals surface area contributed by atoms with Crippen molar-refractivity contribution in [2.45, 2.75) is 64.5 Å². The van der Waals surface area contributed by atoms with Crippen LogP contribution in [0.2, 0.25) is 0 Å². The Morgan fingerprint density at radius 3 is 2.32 bits per heavy atom. The van der Waals surface area contributed by atoms with Crippen LogP contribution < -0.4 is 10.2 Å². The zero-order valence-electron chi connectivity index (χ0n) is 12.7. The van der Waals surface area contributed by atoms with Crippen LogP contribution in [0.25, 0.3) is 0 Å². The summed E-state index contributed by atoms with van der Waals surface area (Å²) in [6, 6.07) is 10.3. The van der Waals surface area contributed by atoms with Gasteiger partial charge in [0.1, 0.15) is 0 Å². The van der Waals surface area contributed by atoms with Gasteiger partial charge in [-0.2, -0.15) is 0 Å². The predicted octanol–water partition coefficient (Wildman–Crippen LogP) is 4.67. The fraction of sp³-hybridized carbons (Fsp3) is 0.647. The molecule has 19 heavy (non-hydrogen) atoms. The Bertz CT molecular complexity index is 365. The summed E-state index contributed by atoms with van der Waals surface area (Å²) in [4.78, 5) is 2.67. The highest BCUT2D eigenvalue weighted by Crippen LogP contribution is 2.30. The van der Waals surface area contributed by atoms with Crippen molar-refractivity contribution in [3.05, 3.63) is 24.3 Å². The van der Waals surface area contributed by atoms with Gasteiger partial charge in [-0.3, -0.25) is 0 Å². The highest BCUT2D eigenvalue weighted by molar-refractivity contribution is 5.56. The minimum absolute atomic E-state index is 0.628. The lowest BCUT2D eigenvalue weighted by Gasteiger charge is -2.40. The molecule has 1 fully saturated rings. The summed E-state index contributed by atoms with van der Waals surface area (Å²) in [6.07, 6.45) is 8.14. The van der Waals surface area contributed by atoms with Crippen molar-refractivity contribution in [1.82, 2.24) is 0 Å². The van der Waals surface area contributed by atoms with Crippen LogP contribution in [-0.2, 0) is 0 Å². The summed E-state index contributed by atoms with van der Waals surface area (Å²) >= 11 is 0. The third-order valence-corrected chi connectivity index (χ3v) is 4.49. The third-order valence-electron chi connectivity index (χ3n) is 4.49. The van der Waals surface area contributed by atoms with Crippen molar-refractivity contribution in [2.24, 2.45) is 0 Å². The Balaban J connectivity index is 2.19. The number of rotatable bonds is 5. The first-order chi connectivity index (χ1) is 9.26. The van der Waals surface area contributed by atoms with Crippen molar-refractivity contribution < 1.29 is 0 Å². The summed E-state index contributed by atoms with van der Waals surface area (Å²) in [7, 11) is 1.97.